The van der Waals surface area contributed by atoms with Gasteiger partial charge >= 0.3 is 5.97 Å². The Labute approximate surface area is 219 Å². The minimum absolute atomic E-state index is 0.00618. The van der Waals surface area contributed by atoms with Crippen LogP contribution in [0.3, 0.4) is 0 Å². The van der Waals surface area contributed by atoms with Crippen molar-refractivity contribution in [3.8, 4) is 11.3 Å². The van der Waals surface area contributed by atoms with Crippen LogP contribution in [0.5, 0.6) is 0 Å². The van der Waals surface area contributed by atoms with Crippen molar-refractivity contribution in [3.63, 3.8) is 0 Å². The number of carboxylic acid groups (broad SMARTS) is 1. The van der Waals surface area contributed by atoms with Crippen molar-refractivity contribution in [3.05, 3.63) is 102 Å². The van der Waals surface area contributed by atoms with E-state index in [0.717, 1.165) is 5.56 Å². The highest BCUT2D eigenvalue weighted by atomic mass is 16.4. The van der Waals surface area contributed by atoms with Gasteiger partial charge in [0, 0.05) is 41.6 Å². The van der Waals surface area contributed by atoms with Crippen molar-refractivity contribution >= 4 is 34.7 Å². The number of pyridine rings is 1. The van der Waals surface area contributed by atoms with E-state index in [0.29, 0.717) is 39.7 Å². The van der Waals surface area contributed by atoms with Crippen molar-refractivity contribution in [2.45, 2.75) is 26.2 Å². The summed E-state index contributed by atoms with van der Waals surface area (Å²) < 4.78 is 1.83. The molecule has 5 aromatic rings. The molecule has 1 amide bonds. The molecular weight excluding hydrogens is 480 g/mol. The fourth-order valence-electron chi connectivity index (χ4n) is 3.96. The molecule has 5 rings (SSSR count). The van der Waals surface area contributed by atoms with Gasteiger partial charge in [-0.2, -0.15) is 0 Å². The number of fused-ring (bicyclic) bond motifs is 1. The molecule has 9 heteroatoms. The number of nitrogens with one attached hydrogen (secondary N) is 2. The lowest BCUT2D eigenvalue weighted by molar-refractivity contribution is 0.0696. The molecule has 0 saturated heterocycles. The van der Waals surface area contributed by atoms with E-state index in [4.69, 9.17) is 10.1 Å². The fraction of sp³-hybridized carbons (Fsp3) is 0.138. The topological polar surface area (TPSA) is 122 Å². The summed E-state index contributed by atoms with van der Waals surface area (Å²) in [5.41, 5.74) is 5.03. The molecule has 3 aromatic heterocycles. The van der Waals surface area contributed by atoms with Crippen LogP contribution >= 0.6 is 0 Å². The number of rotatable bonds is 6. The third-order valence-corrected chi connectivity index (χ3v) is 6.07. The van der Waals surface area contributed by atoms with Crippen molar-refractivity contribution in [2.24, 2.45) is 0 Å². The number of aromatic nitrogens is 4. The first kappa shape index (κ1) is 24.6. The second-order valence-corrected chi connectivity index (χ2v) is 9.88. The molecule has 0 fully saturated rings. The fourth-order valence-corrected chi connectivity index (χ4v) is 3.96. The predicted molar refractivity (Wildman–Crippen MR) is 146 cm³/mol. The first-order chi connectivity index (χ1) is 18.2. The first-order valence-corrected chi connectivity index (χ1v) is 12.0. The van der Waals surface area contributed by atoms with E-state index in [1.807, 2.05) is 40.9 Å². The van der Waals surface area contributed by atoms with E-state index in [2.05, 4.69) is 41.4 Å². The maximum Gasteiger partial charge on any atom is 0.335 e. The van der Waals surface area contributed by atoms with Crippen molar-refractivity contribution < 1.29 is 14.7 Å². The van der Waals surface area contributed by atoms with E-state index >= 15 is 0 Å². The predicted octanol–water partition coefficient (Wildman–Crippen LogP) is 5.78. The summed E-state index contributed by atoms with van der Waals surface area (Å²) in [4.78, 5) is 37.5. The van der Waals surface area contributed by atoms with Gasteiger partial charge in [0.15, 0.2) is 11.5 Å². The van der Waals surface area contributed by atoms with Gasteiger partial charge in [0.2, 0.25) is 0 Å². The van der Waals surface area contributed by atoms with Crippen LogP contribution in [0.1, 0.15) is 47.1 Å². The lowest BCUT2D eigenvalue weighted by Gasteiger charge is -2.19. The maximum absolute atomic E-state index is 12.9. The number of carbonyl (C=O) groups excluding carboxylic acids is 1. The van der Waals surface area contributed by atoms with Crippen LogP contribution in [0.4, 0.5) is 17.2 Å². The summed E-state index contributed by atoms with van der Waals surface area (Å²) in [6.07, 6.45) is 8.56. The average Bonchev–Trinajstić information content (AvgIpc) is 3.38. The van der Waals surface area contributed by atoms with Gasteiger partial charge in [0.25, 0.3) is 5.91 Å². The van der Waals surface area contributed by atoms with Crippen LogP contribution in [-0.2, 0) is 5.41 Å². The number of carboxylic acids is 1. The molecular formula is C29H26N6O3. The molecule has 0 atom stereocenters. The van der Waals surface area contributed by atoms with E-state index < -0.39 is 5.97 Å². The quantitative estimate of drug-likeness (QED) is 0.267. The van der Waals surface area contributed by atoms with Crippen LogP contribution in [0.2, 0.25) is 0 Å². The molecule has 0 saturated carbocycles. The van der Waals surface area contributed by atoms with Crippen molar-refractivity contribution in [1.29, 1.82) is 0 Å². The van der Waals surface area contributed by atoms with E-state index in [9.17, 15) is 9.59 Å². The summed E-state index contributed by atoms with van der Waals surface area (Å²) in [7, 11) is 0. The number of nitrogens with zero attached hydrogens (tertiary/aromatic N) is 4. The molecule has 3 heterocycles. The van der Waals surface area contributed by atoms with E-state index in [1.165, 1.54) is 12.1 Å². The number of hydrogen-bond donors (Lipinski definition) is 3. The highest BCUT2D eigenvalue weighted by molar-refractivity contribution is 6.04. The number of aromatic carboxylic acids is 1. The van der Waals surface area contributed by atoms with Gasteiger partial charge < -0.3 is 20.1 Å². The monoisotopic (exact) mass is 506 g/mol. The summed E-state index contributed by atoms with van der Waals surface area (Å²) in [6, 6.07) is 15.8. The highest BCUT2D eigenvalue weighted by Gasteiger charge is 2.15. The molecule has 9 nitrogen and oxygen atoms in total. The minimum atomic E-state index is -0.992. The Morgan fingerprint density at radius 2 is 1.63 bits per heavy atom. The molecule has 2 aromatic carbocycles. The molecule has 0 aliphatic rings. The molecule has 38 heavy (non-hydrogen) atoms. The third kappa shape index (κ3) is 5.22. The second-order valence-electron chi connectivity index (χ2n) is 9.88. The zero-order valence-corrected chi connectivity index (χ0v) is 21.1. The second kappa shape index (κ2) is 9.78. The first-order valence-electron chi connectivity index (χ1n) is 12.0. The normalized spacial score (nSPS) is 11.3. The van der Waals surface area contributed by atoms with Crippen LogP contribution in [-0.4, -0.2) is 36.3 Å². The Hall–Kier alpha value is -5.05. The smallest absolute Gasteiger partial charge is 0.335 e. The molecule has 0 aliphatic heterocycles. The SMILES string of the molecule is CC(C)(C)c1ccc(C(=O)Nc2cncc(-c3cn4ccnc4c(Nc4ccc(C(=O)O)cc4)n3)c2)cc1. The Kier molecular flexibility index (Phi) is 6.34. The average molecular weight is 507 g/mol. The molecule has 0 radical (unpaired) electrons. The Balaban J connectivity index is 1.40. The van der Waals surface area contributed by atoms with Gasteiger partial charge in [-0.3, -0.25) is 9.78 Å². The molecule has 0 unspecified atom stereocenters. The van der Waals surface area contributed by atoms with Gasteiger partial charge in [-0.25, -0.2) is 14.8 Å². The molecule has 0 bridgehead atoms. The summed E-state index contributed by atoms with van der Waals surface area (Å²) in [5, 5.41) is 15.3. The maximum atomic E-state index is 12.9. The number of amides is 1. The number of hydrogen-bond acceptors (Lipinski definition) is 6. The molecule has 0 aliphatic carbocycles. The van der Waals surface area contributed by atoms with Crippen LogP contribution in [0, 0.1) is 0 Å². The summed E-state index contributed by atoms with van der Waals surface area (Å²) in [5.74, 6) is -0.729. The van der Waals surface area contributed by atoms with Gasteiger partial charge in [0.1, 0.15) is 0 Å². The van der Waals surface area contributed by atoms with E-state index in [-0.39, 0.29) is 16.9 Å². The Bertz CT molecular complexity index is 1630. The lowest BCUT2D eigenvalue weighted by Crippen LogP contribution is -2.14. The summed E-state index contributed by atoms with van der Waals surface area (Å²) >= 11 is 0. The van der Waals surface area contributed by atoms with Crippen molar-refractivity contribution in [2.75, 3.05) is 10.6 Å². The van der Waals surface area contributed by atoms with Crippen LogP contribution in [0.25, 0.3) is 16.9 Å². The van der Waals surface area contributed by atoms with Gasteiger partial charge in [-0.1, -0.05) is 32.9 Å². The zero-order chi connectivity index (χ0) is 26.9. The Morgan fingerprint density at radius 1 is 0.921 bits per heavy atom. The lowest BCUT2D eigenvalue weighted by atomic mass is 9.87. The zero-order valence-electron chi connectivity index (χ0n) is 21.1. The van der Waals surface area contributed by atoms with Gasteiger partial charge in [-0.15, -0.1) is 0 Å². The van der Waals surface area contributed by atoms with E-state index in [1.54, 1.807) is 36.9 Å². The molecule has 190 valence electrons. The number of imidazole rings is 1. The van der Waals surface area contributed by atoms with Gasteiger partial charge in [0.05, 0.1) is 23.1 Å². The van der Waals surface area contributed by atoms with Crippen molar-refractivity contribution in [1.82, 2.24) is 19.4 Å². The molecule has 3 N–H and O–H groups in total. The Morgan fingerprint density at radius 3 is 2.32 bits per heavy atom. The third-order valence-electron chi connectivity index (χ3n) is 6.07. The standard InChI is InChI=1S/C29H26N6O3/c1-29(2,3)21-8-4-18(5-9-21)27(36)33-23-14-20(15-30-16-23)24-17-35-13-12-31-26(35)25(34-24)32-22-10-6-19(7-11-22)28(37)38/h4-17H,1-3H3,(H,32,34)(H,33,36)(H,37,38). The minimum Gasteiger partial charge on any atom is -0.478 e. The summed E-state index contributed by atoms with van der Waals surface area (Å²) in [6.45, 7) is 6.39. The number of carbonyl (C=O) groups is 2. The van der Waals surface area contributed by atoms with Gasteiger partial charge in [-0.05, 0) is 53.4 Å². The highest BCUT2D eigenvalue weighted by Crippen LogP contribution is 2.26. The largest absolute Gasteiger partial charge is 0.478 e. The molecule has 0 spiro atoms. The number of anilines is 3. The van der Waals surface area contributed by atoms with Crippen LogP contribution in [0.15, 0.2) is 85.6 Å². The van der Waals surface area contributed by atoms with Crippen LogP contribution < -0.4 is 10.6 Å². The number of benzene rings is 2.